The zero-order valence-corrected chi connectivity index (χ0v) is 16.3. The Hall–Kier alpha value is -1.95. The molecule has 0 amide bonds. The first-order chi connectivity index (χ1) is 12.6. The maximum atomic E-state index is 13.2. The van der Waals surface area contributed by atoms with Gasteiger partial charge in [-0.25, -0.2) is 9.37 Å². The van der Waals surface area contributed by atoms with Crippen LogP contribution in [0.4, 0.5) is 4.39 Å². The Morgan fingerprint density at radius 1 is 1.27 bits per heavy atom. The van der Waals surface area contributed by atoms with Crippen molar-refractivity contribution in [3.05, 3.63) is 51.7 Å². The normalized spacial score (nSPS) is 16.2. The molecule has 0 unspecified atom stereocenters. The lowest BCUT2D eigenvalue weighted by molar-refractivity contribution is 0.243. The summed E-state index contributed by atoms with van der Waals surface area (Å²) in [5.41, 5.74) is 1.30. The number of benzene rings is 1. The number of hydrogen-bond donors (Lipinski definition) is 2. The summed E-state index contributed by atoms with van der Waals surface area (Å²) in [5.74, 6) is 0.632. The van der Waals surface area contributed by atoms with Gasteiger partial charge in [-0.3, -0.25) is 4.99 Å². The lowest BCUT2D eigenvalue weighted by Crippen LogP contribution is -2.49. The number of aryl methyl sites for hydroxylation is 1. The first-order valence-electron chi connectivity index (χ1n) is 9.29. The molecule has 2 N–H and O–H groups in total. The number of rotatable bonds is 7. The molecule has 26 heavy (non-hydrogen) atoms. The van der Waals surface area contributed by atoms with Crippen molar-refractivity contribution in [1.29, 1.82) is 0 Å². The van der Waals surface area contributed by atoms with E-state index in [-0.39, 0.29) is 11.2 Å². The average Bonchev–Trinajstić information content (AvgIpc) is 3.08. The molecule has 6 heteroatoms. The van der Waals surface area contributed by atoms with Crippen molar-refractivity contribution in [2.24, 2.45) is 4.99 Å². The van der Waals surface area contributed by atoms with Crippen molar-refractivity contribution < 1.29 is 4.39 Å². The van der Waals surface area contributed by atoms with Crippen molar-refractivity contribution >= 4 is 17.3 Å². The van der Waals surface area contributed by atoms with E-state index in [4.69, 9.17) is 0 Å². The molecule has 0 spiro atoms. The molecule has 2 aromatic rings. The fourth-order valence-electron chi connectivity index (χ4n) is 3.36. The summed E-state index contributed by atoms with van der Waals surface area (Å²) in [6.07, 6.45) is 7.38. The van der Waals surface area contributed by atoms with Gasteiger partial charge in [0.1, 0.15) is 5.82 Å². The molecule has 1 saturated carbocycles. The number of nitrogens with zero attached hydrogens (tertiary/aromatic N) is 2. The van der Waals surface area contributed by atoms with Gasteiger partial charge in [-0.1, -0.05) is 25.5 Å². The molecule has 140 valence electrons. The quantitative estimate of drug-likeness (QED) is 0.574. The summed E-state index contributed by atoms with van der Waals surface area (Å²) in [4.78, 5) is 10.1. The number of thiazole rings is 1. The van der Waals surface area contributed by atoms with E-state index in [1.807, 2.05) is 18.3 Å². The summed E-state index contributed by atoms with van der Waals surface area (Å²) in [6.45, 7) is 3.77. The molecule has 1 aliphatic carbocycles. The van der Waals surface area contributed by atoms with Crippen LogP contribution in [0.25, 0.3) is 0 Å². The minimum absolute atomic E-state index is 0.0939. The highest BCUT2D eigenvalue weighted by Crippen LogP contribution is 2.43. The summed E-state index contributed by atoms with van der Waals surface area (Å²) in [7, 11) is 1.79. The van der Waals surface area contributed by atoms with Gasteiger partial charge < -0.3 is 10.6 Å². The summed E-state index contributed by atoms with van der Waals surface area (Å²) in [5, 5.41) is 7.99. The van der Waals surface area contributed by atoms with E-state index < -0.39 is 0 Å². The minimum atomic E-state index is -0.179. The number of halogens is 1. The van der Waals surface area contributed by atoms with Crippen LogP contribution < -0.4 is 10.6 Å². The van der Waals surface area contributed by atoms with Crippen molar-refractivity contribution in [3.63, 3.8) is 0 Å². The fraction of sp³-hybridized carbons (Fsp3) is 0.500. The van der Waals surface area contributed by atoms with E-state index in [1.54, 1.807) is 30.5 Å². The number of aromatic nitrogens is 1. The SMILES string of the molecule is CCc1cnc(CCNC(=NC)NCC2(c3ccc(F)cc3)CCC2)s1. The summed E-state index contributed by atoms with van der Waals surface area (Å²) < 4.78 is 13.2. The van der Waals surface area contributed by atoms with Crippen molar-refractivity contribution in [2.75, 3.05) is 20.1 Å². The molecule has 3 rings (SSSR count). The van der Waals surface area contributed by atoms with Crippen LogP contribution in [-0.2, 0) is 18.3 Å². The molecular formula is C20H27FN4S. The van der Waals surface area contributed by atoms with Gasteiger partial charge in [0.25, 0.3) is 0 Å². The number of guanidine groups is 1. The molecule has 1 heterocycles. The molecule has 1 aromatic heterocycles. The Morgan fingerprint density at radius 2 is 2.04 bits per heavy atom. The predicted molar refractivity (Wildman–Crippen MR) is 106 cm³/mol. The van der Waals surface area contributed by atoms with Gasteiger partial charge in [-0.15, -0.1) is 11.3 Å². The summed E-state index contributed by atoms with van der Waals surface area (Å²) >= 11 is 1.78. The van der Waals surface area contributed by atoms with Gasteiger partial charge in [-0.05, 0) is 37.0 Å². The van der Waals surface area contributed by atoms with Crippen LogP contribution in [0.5, 0.6) is 0 Å². The number of aliphatic imine (C=N–C) groups is 1. The lowest BCUT2D eigenvalue weighted by atomic mass is 9.64. The molecule has 0 bridgehead atoms. The Morgan fingerprint density at radius 3 is 2.62 bits per heavy atom. The predicted octanol–water partition coefficient (Wildman–Crippen LogP) is 3.67. The van der Waals surface area contributed by atoms with Gasteiger partial charge in [0.15, 0.2) is 5.96 Å². The van der Waals surface area contributed by atoms with E-state index in [1.165, 1.54) is 16.9 Å². The molecule has 1 fully saturated rings. The molecule has 4 nitrogen and oxygen atoms in total. The second kappa shape index (κ2) is 8.62. The smallest absolute Gasteiger partial charge is 0.191 e. The third-order valence-corrected chi connectivity index (χ3v) is 6.37. The van der Waals surface area contributed by atoms with Crippen LogP contribution in [0.15, 0.2) is 35.5 Å². The van der Waals surface area contributed by atoms with Crippen molar-refractivity contribution in [2.45, 2.75) is 44.4 Å². The Labute approximate surface area is 159 Å². The zero-order chi connectivity index (χ0) is 18.4. The van der Waals surface area contributed by atoms with Gasteiger partial charge >= 0.3 is 0 Å². The van der Waals surface area contributed by atoms with Crippen LogP contribution in [0.3, 0.4) is 0 Å². The van der Waals surface area contributed by atoms with Crippen LogP contribution in [0.1, 0.15) is 41.6 Å². The molecule has 0 atom stereocenters. The van der Waals surface area contributed by atoms with E-state index >= 15 is 0 Å². The molecule has 0 aliphatic heterocycles. The van der Waals surface area contributed by atoms with Gasteiger partial charge in [0.05, 0.1) is 5.01 Å². The van der Waals surface area contributed by atoms with Crippen molar-refractivity contribution in [3.8, 4) is 0 Å². The van der Waals surface area contributed by atoms with E-state index in [0.717, 1.165) is 49.7 Å². The second-order valence-corrected chi connectivity index (χ2v) is 8.02. The molecular weight excluding hydrogens is 347 g/mol. The fourth-order valence-corrected chi connectivity index (χ4v) is 4.22. The van der Waals surface area contributed by atoms with Crippen molar-refractivity contribution in [1.82, 2.24) is 15.6 Å². The molecule has 0 saturated heterocycles. The maximum absolute atomic E-state index is 13.2. The highest BCUT2D eigenvalue weighted by Gasteiger charge is 2.38. The van der Waals surface area contributed by atoms with E-state index in [9.17, 15) is 4.39 Å². The highest BCUT2D eigenvalue weighted by atomic mass is 32.1. The maximum Gasteiger partial charge on any atom is 0.191 e. The molecule has 0 radical (unpaired) electrons. The van der Waals surface area contributed by atoms with E-state index in [0.29, 0.717) is 0 Å². The third-order valence-electron chi connectivity index (χ3n) is 5.17. The number of hydrogen-bond acceptors (Lipinski definition) is 3. The Kier molecular flexibility index (Phi) is 6.25. The van der Waals surface area contributed by atoms with Crippen LogP contribution in [-0.4, -0.2) is 31.1 Å². The molecule has 1 aliphatic rings. The first-order valence-corrected chi connectivity index (χ1v) is 10.1. The topological polar surface area (TPSA) is 49.3 Å². The summed E-state index contributed by atoms with van der Waals surface area (Å²) in [6, 6.07) is 6.95. The van der Waals surface area contributed by atoms with Crippen LogP contribution >= 0.6 is 11.3 Å². The van der Waals surface area contributed by atoms with Gasteiger partial charge in [-0.2, -0.15) is 0 Å². The highest BCUT2D eigenvalue weighted by molar-refractivity contribution is 7.11. The lowest BCUT2D eigenvalue weighted by Gasteiger charge is -2.43. The molecule has 1 aromatic carbocycles. The van der Waals surface area contributed by atoms with Gasteiger partial charge in [0, 0.05) is 43.0 Å². The minimum Gasteiger partial charge on any atom is -0.356 e. The standard InChI is InChI=1S/C20H27FN4S/c1-3-17-13-24-18(26-17)9-12-23-19(22-2)25-14-20(10-4-11-20)15-5-7-16(21)8-6-15/h5-8,13H,3-4,9-12,14H2,1-2H3,(H2,22,23,25). The monoisotopic (exact) mass is 374 g/mol. The zero-order valence-electron chi connectivity index (χ0n) is 15.5. The van der Waals surface area contributed by atoms with Crippen LogP contribution in [0, 0.1) is 5.82 Å². The van der Waals surface area contributed by atoms with Crippen LogP contribution in [0.2, 0.25) is 0 Å². The second-order valence-electron chi connectivity index (χ2n) is 6.82. The Bertz CT molecular complexity index is 735. The van der Waals surface area contributed by atoms with E-state index in [2.05, 4.69) is 27.5 Å². The van der Waals surface area contributed by atoms with Gasteiger partial charge in [0.2, 0.25) is 0 Å². The Balaban J connectivity index is 1.50. The number of nitrogens with one attached hydrogen (secondary N) is 2. The first kappa shape index (κ1) is 18.8. The largest absolute Gasteiger partial charge is 0.356 e. The third kappa shape index (κ3) is 4.41. The average molecular weight is 375 g/mol.